The molecule has 238 valence electrons. The lowest BCUT2D eigenvalue weighted by Gasteiger charge is -2.23. The van der Waals surface area contributed by atoms with Gasteiger partial charge in [0.05, 0.1) is 18.2 Å². The average molecular weight is 699 g/mol. The van der Waals surface area contributed by atoms with Crippen LogP contribution in [0.1, 0.15) is 48.9 Å². The molecule has 3 aromatic carbocycles. The number of unbranched alkanes of at least 4 members (excludes halogenated alkanes) is 2. The number of ether oxygens (including phenoxy) is 3. The number of aromatic nitrogens is 2. The van der Waals surface area contributed by atoms with E-state index in [0.29, 0.717) is 68.3 Å². The molecule has 0 spiro atoms. The maximum absolute atomic E-state index is 13.7. The van der Waals surface area contributed by atoms with Crippen molar-refractivity contribution in [2.24, 2.45) is 0 Å². The van der Waals surface area contributed by atoms with E-state index in [0.717, 1.165) is 24.8 Å². The Morgan fingerprint density at radius 1 is 1.04 bits per heavy atom. The lowest BCUT2D eigenvalue weighted by Crippen LogP contribution is -2.29. The number of aliphatic hydroxyl groups excluding tert-OH is 1. The molecule has 1 saturated heterocycles. The molecular formula is C33H29Cl2N3O6S2. The van der Waals surface area contributed by atoms with Crippen LogP contribution >= 0.6 is 46.3 Å². The summed E-state index contributed by atoms with van der Waals surface area (Å²) < 4.78 is 17.9. The fourth-order valence-electron chi connectivity index (χ4n) is 5.14. The maximum Gasteiger partial charge on any atom is 0.301 e. The van der Waals surface area contributed by atoms with E-state index in [1.165, 1.54) is 28.0 Å². The third-order valence-corrected chi connectivity index (χ3v) is 10.1. The van der Waals surface area contributed by atoms with Gasteiger partial charge in [-0.1, -0.05) is 84.3 Å². The van der Waals surface area contributed by atoms with Crippen molar-refractivity contribution >= 4 is 68.9 Å². The summed E-state index contributed by atoms with van der Waals surface area (Å²) in [5.74, 6) is 0.0481. The van der Waals surface area contributed by atoms with Crippen molar-refractivity contribution in [1.29, 1.82) is 0 Å². The number of carbonyl (C=O) groups excluding carboxylic acids is 2. The molecular weight excluding hydrogens is 669 g/mol. The number of hydrogen-bond acceptors (Lipinski definition) is 10. The van der Waals surface area contributed by atoms with Gasteiger partial charge in [-0.3, -0.25) is 14.5 Å². The summed E-state index contributed by atoms with van der Waals surface area (Å²) in [7, 11) is 0. The van der Waals surface area contributed by atoms with E-state index in [2.05, 4.69) is 17.1 Å². The Hall–Kier alpha value is -3.77. The number of amides is 1. The normalized spacial score (nSPS) is 17.0. The summed E-state index contributed by atoms with van der Waals surface area (Å²) in [5.41, 5.74) is 1.67. The second kappa shape index (κ2) is 14.3. The molecule has 0 radical (unpaired) electrons. The van der Waals surface area contributed by atoms with E-state index in [1.54, 1.807) is 48.5 Å². The number of carbonyl (C=O) groups is 2. The van der Waals surface area contributed by atoms with Crippen molar-refractivity contribution in [3.8, 4) is 17.2 Å². The van der Waals surface area contributed by atoms with E-state index < -0.39 is 17.7 Å². The lowest BCUT2D eigenvalue weighted by molar-refractivity contribution is -0.132. The van der Waals surface area contributed by atoms with E-state index in [-0.39, 0.29) is 16.5 Å². The number of ketones is 1. The fourth-order valence-corrected chi connectivity index (χ4v) is 7.57. The zero-order chi connectivity index (χ0) is 32.2. The van der Waals surface area contributed by atoms with Crippen LogP contribution in [0.3, 0.4) is 0 Å². The number of hydrogen-bond donors (Lipinski definition) is 1. The first-order valence-electron chi connectivity index (χ1n) is 14.7. The van der Waals surface area contributed by atoms with Crippen molar-refractivity contribution in [3.63, 3.8) is 0 Å². The van der Waals surface area contributed by atoms with Crippen LogP contribution in [0.2, 0.25) is 10.0 Å². The number of thioether (sulfide) groups is 1. The molecule has 13 heteroatoms. The summed E-state index contributed by atoms with van der Waals surface area (Å²) in [6, 6.07) is 16.4. The van der Waals surface area contributed by atoms with Gasteiger partial charge < -0.3 is 19.3 Å². The van der Waals surface area contributed by atoms with Gasteiger partial charge in [-0.15, -0.1) is 10.2 Å². The highest BCUT2D eigenvalue weighted by atomic mass is 35.5. The molecule has 0 unspecified atom stereocenters. The molecule has 1 fully saturated rings. The Balaban J connectivity index is 1.37. The molecule has 1 atom stereocenters. The van der Waals surface area contributed by atoms with Gasteiger partial charge in [0.25, 0.3) is 5.78 Å². The molecule has 1 amide bonds. The van der Waals surface area contributed by atoms with Crippen LogP contribution in [0.4, 0.5) is 5.13 Å². The smallest absolute Gasteiger partial charge is 0.301 e. The van der Waals surface area contributed by atoms with E-state index in [9.17, 15) is 14.7 Å². The van der Waals surface area contributed by atoms with Crippen molar-refractivity contribution < 1.29 is 28.9 Å². The summed E-state index contributed by atoms with van der Waals surface area (Å²) in [6.07, 6.45) is 3.00. The van der Waals surface area contributed by atoms with E-state index >= 15 is 0 Å². The van der Waals surface area contributed by atoms with Gasteiger partial charge >= 0.3 is 5.91 Å². The van der Waals surface area contributed by atoms with Gasteiger partial charge in [0.2, 0.25) is 5.13 Å². The highest BCUT2D eigenvalue weighted by Crippen LogP contribution is 2.45. The van der Waals surface area contributed by atoms with Crippen LogP contribution in [-0.4, -0.2) is 46.8 Å². The first-order valence-corrected chi connectivity index (χ1v) is 17.2. The molecule has 0 saturated carbocycles. The minimum atomic E-state index is -0.996. The van der Waals surface area contributed by atoms with Crippen LogP contribution in [0.5, 0.6) is 17.2 Å². The lowest BCUT2D eigenvalue weighted by atomic mass is 9.95. The van der Waals surface area contributed by atoms with Crippen LogP contribution in [0.15, 0.2) is 70.6 Å². The Labute approximate surface area is 284 Å². The Bertz CT molecular complexity index is 1810. The van der Waals surface area contributed by atoms with E-state index in [4.69, 9.17) is 37.4 Å². The topological polar surface area (TPSA) is 111 Å². The van der Waals surface area contributed by atoms with Gasteiger partial charge in [0, 0.05) is 21.4 Å². The van der Waals surface area contributed by atoms with E-state index in [1.807, 2.05) is 12.1 Å². The molecule has 1 aromatic heterocycles. The number of anilines is 1. The second-order valence-corrected chi connectivity index (χ2v) is 13.6. The minimum Gasteiger partial charge on any atom is -0.507 e. The van der Waals surface area contributed by atoms with Crippen molar-refractivity contribution in [3.05, 3.63) is 93.0 Å². The summed E-state index contributed by atoms with van der Waals surface area (Å²) in [5, 5.41) is 21.5. The summed E-state index contributed by atoms with van der Waals surface area (Å²) >= 11 is 14.9. The molecule has 46 heavy (non-hydrogen) atoms. The molecule has 0 bridgehead atoms. The second-order valence-electron chi connectivity index (χ2n) is 10.5. The molecule has 3 heterocycles. The first-order chi connectivity index (χ1) is 22.3. The maximum atomic E-state index is 13.7. The zero-order valence-electron chi connectivity index (χ0n) is 24.7. The number of Topliss-reactive ketones (excluding diaryl/α,β-unsaturated/α-hetero) is 1. The van der Waals surface area contributed by atoms with Crippen molar-refractivity contribution in [2.75, 3.05) is 24.7 Å². The van der Waals surface area contributed by atoms with Gasteiger partial charge in [0.1, 0.15) is 24.7 Å². The molecule has 2 aliphatic rings. The SMILES string of the molecule is CCCCCOc1cccc([C@@H]2/C(=C(\O)c3ccc4c(c3)OCCO4)C(=O)C(=O)N2c2nnc(SCc3ccc(Cl)cc3Cl)s2)c1. The van der Waals surface area contributed by atoms with Gasteiger partial charge in [-0.2, -0.15) is 0 Å². The van der Waals surface area contributed by atoms with Crippen LogP contribution in [-0.2, 0) is 15.3 Å². The third kappa shape index (κ3) is 6.83. The Morgan fingerprint density at radius 3 is 2.67 bits per heavy atom. The Morgan fingerprint density at radius 2 is 1.87 bits per heavy atom. The number of rotatable bonds is 11. The molecule has 1 N–H and O–H groups in total. The Kier molecular flexibility index (Phi) is 10.0. The quantitative estimate of drug-likeness (QED) is 0.0415. The number of halogens is 2. The number of fused-ring (bicyclic) bond motifs is 1. The van der Waals surface area contributed by atoms with Crippen molar-refractivity contribution in [2.45, 2.75) is 42.3 Å². The fraction of sp³-hybridized carbons (Fsp3) is 0.273. The third-order valence-electron chi connectivity index (χ3n) is 7.42. The highest BCUT2D eigenvalue weighted by molar-refractivity contribution is 8.00. The standard InChI is InChI=1S/C33H29Cl2N3O6S2/c1-2-3-4-12-42-23-7-5-6-19(15-23)28-27(29(39)20-9-11-25-26(16-20)44-14-13-43-25)30(40)31(41)38(28)32-36-37-33(46-32)45-18-21-8-10-22(34)17-24(21)35/h5-11,15-17,28,39H,2-4,12-14,18H2,1H3/b29-27+/t28-/m1/s1. The van der Waals surface area contributed by atoms with Crippen LogP contribution in [0.25, 0.3) is 5.76 Å². The number of aliphatic hydroxyl groups is 1. The molecule has 9 nitrogen and oxygen atoms in total. The highest BCUT2D eigenvalue weighted by Gasteiger charge is 2.48. The zero-order valence-corrected chi connectivity index (χ0v) is 27.8. The first kappa shape index (κ1) is 32.2. The molecule has 2 aliphatic heterocycles. The predicted octanol–water partition coefficient (Wildman–Crippen LogP) is 8.10. The van der Waals surface area contributed by atoms with Gasteiger partial charge in [-0.25, -0.2) is 0 Å². The minimum absolute atomic E-state index is 0.0813. The molecule has 6 rings (SSSR count). The van der Waals surface area contributed by atoms with Crippen LogP contribution in [0, 0.1) is 0 Å². The number of benzene rings is 3. The van der Waals surface area contributed by atoms with Gasteiger partial charge in [-0.05, 0) is 60.0 Å². The van der Waals surface area contributed by atoms with Gasteiger partial charge in [0.15, 0.2) is 15.8 Å². The summed E-state index contributed by atoms with van der Waals surface area (Å²) in [4.78, 5) is 28.7. The molecule has 4 aromatic rings. The molecule has 0 aliphatic carbocycles. The average Bonchev–Trinajstić information content (AvgIpc) is 3.63. The largest absolute Gasteiger partial charge is 0.507 e. The monoisotopic (exact) mass is 697 g/mol. The van der Waals surface area contributed by atoms with Crippen molar-refractivity contribution in [1.82, 2.24) is 10.2 Å². The predicted molar refractivity (Wildman–Crippen MR) is 180 cm³/mol. The summed E-state index contributed by atoms with van der Waals surface area (Å²) in [6.45, 7) is 3.42. The van der Waals surface area contributed by atoms with Crippen LogP contribution < -0.4 is 19.1 Å². The number of nitrogens with zero attached hydrogens (tertiary/aromatic N) is 3.